The lowest BCUT2D eigenvalue weighted by molar-refractivity contribution is -0.401. The number of hydrogen-bond acceptors (Lipinski definition) is 7. The van der Waals surface area contributed by atoms with Crippen molar-refractivity contribution in [3.05, 3.63) is 33.6 Å². The van der Waals surface area contributed by atoms with E-state index < -0.39 is 4.92 Å². The third-order valence-corrected chi connectivity index (χ3v) is 2.98. The molecule has 0 bridgehead atoms. The van der Waals surface area contributed by atoms with Crippen molar-refractivity contribution >= 4 is 17.5 Å². The molecule has 0 aromatic carbocycles. The van der Waals surface area contributed by atoms with Crippen LogP contribution in [0.2, 0.25) is 0 Å². The number of aryl methyl sites for hydroxylation is 2. The first kappa shape index (κ1) is 12.1. The largest absolute Gasteiger partial charge is 0.433 e. The van der Waals surface area contributed by atoms with Gasteiger partial charge in [0.25, 0.3) is 0 Å². The molecule has 3 aromatic rings. The van der Waals surface area contributed by atoms with Crippen molar-refractivity contribution in [3.8, 4) is 11.5 Å². The van der Waals surface area contributed by atoms with E-state index in [1.54, 1.807) is 18.2 Å². The Labute approximate surface area is 112 Å². The molecule has 0 unspecified atom stereocenters. The molecule has 0 atom stereocenters. The summed E-state index contributed by atoms with van der Waals surface area (Å²) in [6, 6.07) is 2.75. The SMILES string of the molecule is Cc1c(-c2ccc([N+](=O)[O-])o2)nc(N)n2c(C)nnc12. The standard InChI is InChI=1S/C11H10N6O3/c1-5-9(7-3-4-8(20-7)17(18)19)13-11(12)16-6(2)14-15-10(5)16/h3-4H,1-2H3,(H2,12,13). The van der Waals surface area contributed by atoms with E-state index in [2.05, 4.69) is 15.2 Å². The van der Waals surface area contributed by atoms with E-state index in [0.29, 0.717) is 22.7 Å². The van der Waals surface area contributed by atoms with Gasteiger partial charge in [0.1, 0.15) is 16.4 Å². The summed E-state index contributed by atoms with van der Waals surface area (Å²) in [6.07, 6.45) is 0. The maximum absolute atomic E-state index is 10.7. The highest BCUT2D eigenvalue weighted by Gasteiger charge is 2.19. The molecule has 0 aliphatic rings. The fraction of sp³-hybridized carbons (Fsp3) is 0.182. The summed E-state index contributed by atoms with van der Waals surface area (Å²) in [7, 11) is 0. The predicted molar refractivity (Wildman–Crippen MR) is 69.0 cm³/mol. The van der Waals surface area contributed by atoms with E-state index >= 15 is 0 Å². The third-order valence-electron chi connectivity index (χ3n) is 2.98. The Morgan fingerprint density at radius 1 is 1.35 bits per heavy atom. The average molecular weight is 274 g/mol. The van der Waals surface area contributed by atoms with Crippen LogP contribution in [0.4, 0.5) is 11.8 Å². The van der Waals surface area contributed by atoms with E-state index in [1.165, 1.54) is 12.1 Å². The molecule has 9 nitrogen and oxygen atoms in total. The Bertz CT molecular complexity index is 834. The molecule has 0 fully saturated rings. The summed E-state index contributed by atoms with van der Waals surface area (Å²) in [5, 5.41) is 18.6. The highest BCUT2D eigenvalue weighted by Crippen LogP contribution is 2.29. The van der Waals surface area contributed by atoms with Gasteiger partial charge in [0.2, 0.25) is 5.95 Å². The number of rotatable bonds is 2. The zero-order chi connectivity index (χ0) is 14.4. The smallest absolute Gasteiger partial charge is 0.399 e. The first-order valence-corrected chi connectivity index (χ1v) is 5.71. The summed E-state index contributed by atoms with van der Waals surface area (Å²) in [5.74, 6) is 0.730. The van der Waals surface area contributed by atoms with Crippen molar-refractivity contribution in [2.24, 2.45) is 0 Å². The van der Waals surface area contributed by atoms with Gasteiger partial charge in [0, 0.05) is 5.56 Å². The van der Waals surface area contributed by atoms with Gasteiger partial charge in [-0.05, 0) is 19.9 Å². The molecule has 0 aliphatic carbocycles. The van der Waals surface area contributed by atoms with Gasteiger partial charge in [-0.25, -0.2) is 9.38 Å². The molecule has 9 heteroatoms. The van der Waals surface area contributed by atoms with Crippen LogP contribution in [-0.4, -0.2) is 24.5 Å². The number of furan rings is 1. The van der Waals surface area contributed by atoms with Gasteiger partial charge in [-0.2, -0.15) is 0 Å². The second-order valence-corrected chi connectivity index (χ2v) is 4.24. The van der Waals surface area contributed by atoms with Crippen molar-refractivity contribution in [2.75, 3.05) is 5.73 Å². The summed E-state index contributed by atoms with van der Waals surface area (Å²) >= 11 is 0. The average Bonchev–Trinajstić information content (AvgIpc) is 3.01. The van der Waals surface area contributed by atoms with Crippen molar-refractivity contribution < 1.29 is 9.34 Å². The Balaban J connectivity index is 2.25. The van der Waals surface area contributed by atoms with Crippen molar-refractivity contribution in [1.29, 1.82) is 0 Å². The first-order valence-electron chi connectivity index (χ1n) is 5.71. The fourth-order valence-corrected chi connectivity index (χ4v) is 2.03. The number of anilines is 1. The molecule has 0 spiro atoms. The van der Waals surface area contributed by atoms with E-state index in [9.17, 15) is 10.1 Å². The number of nitro groups is 1. The number of nitrogens with two attached hydrogens (primary N) is 1. The quantitative estimate of drug-likeness (QED) is 0.554. The fourth-order valence-electron chi connectivity index (χ4n) is 2.03. The molecule has 3 aromatic heterocycles. The highest BCUT2D eigenvalue weighted by molar-refractivity contribution is 5.68. The minimum Gasteiger partial charge on any atom is -0.399 e. The number of aromatic nitrogens is 4. The van der Waals surface area contributed by atoms with Crippen LogP contribution in [-0.2, 0) is 0 Å². The van der Waals surface area contributed by atoms with Crippen molar-refractivity contribution in [2.45, 2.75) is 13.8 Å². The summed E-state index contributed by atoms with van der Waals surface area (Å²) in [5.41, 5.74) is 7.51. The Kier molecular flexibility index (Phi) is 2.43. The van der Waals surface area contributed by atoms with Gasteiger partial charge >= 0.3 is 5.88 Å². The summed E-state index contributed by atoms with van der Waals surface area (Å²) in [6.45, 7) is 3.54. The molecule has 3 rings (SSSR count). The molecule has 20 heavy (non-hydrogen) atoms. The number of hydrogen-bond donors (Lipinski definition) is 1. The van der Waals surface area contributed by atoms with Crippen LogP contribution >= 0.6 is 0 Å². The number of nitrogens with zero attached hydrogens (tertiary/aromatic N) is 5. The second kappa shape index (κ2) is 4.02. The van der Waals surface area contributed by atoms with Crippen molar-refractivity contribution in [1.82, 2.24) is 19.6 Å². The van der Waals surface area contributed by atoms with Gasteiger partial charge in [0.05, 0.1) is 6.07 Å². The number of nitrogen functional groups attached to an aromatic ring is 1. The lowest BCUT2D eigenvalue weighted by Gasteiger charge is -2.06. The topological polar surface area (TPSA) is 125 Å². The second-order valence-electron chi connectivity index (χ2n) is 4.24. The minimum absolute atomic E-state index is 0.196. The van der Waals surface area contributed by atoms with Gasteiger partial charge in [-0.3, -0.25) is 10.1 Å². The van der Waals surface area contributed by atoms with E-state index in [0.717, 1.165) is 0 Å². The highest BCUT2D eigenvalue weighted by atomic mass is 16.6. The van der Waals surface area contributed by atoms with Crippen LogP contribution in [0.25, 0.3) is 17.1 Å². The molecule has 3 heterocycles. The predicted octanol–water partition coefficient (Wildman–Crippen LogP) is 1.49. The minimum atomic E-state index is -0.609. The van der Waals surface area contributed by atoms with Crippen LogP contribution in [0.5, 0.6) is 0 Å². The van der Waals surface area contributed by atoms with Crippen molar-refractivity contribution in [3.63, 3.8) is 0 Å². The molecule has 102 valence electrons. The molecule has 0 aliphatic heterocycles. The van der Waals surface area contributed by atoms with Crippen LogP contribution < -0.4 is 5.73 Å². The molecule has 0 saturated carbocycles. The van der Waals surface area contributed by atoms with Crippen LogP contribution in [0, 0.1) is 24.0 Å². The van der Waals surface area contributed by atoms with Crippen LogP contribution in [0.3, 0.4) is 0 Å². The van der Waals surface area contributed by atoms with E-state index in [1.807, 2.05) is 0 Å². The van der Waals surface area contributed by atoms with Gasteiger partial charge in [0.15, 0.2) is 11.4 Å². The van der Waals surface area contributed by atoms with Gasteiger partial charge < -0.3 is 10.2 Å². The van der Waals surface area contributed by atoms with E-state index in [4.69, 9.17) is 10.2 Å². The Morgan fingerprint density at radius 3 is 2.75 bits per heavy atom. The summed E-state index contributed by atoms with van der Waals surface area (Å²) < 4.78 is 6.76. The molecular weight excluding hydrogens is 264 g/mol. The molecule has 2 N–H and O–H groups in total. The van der Waals surface area contributed by atoms with Crippen LogP contribution in [0.1, 0.15) is 11.4 Å². The molecule has 0 amide bonds. The maximum atomic E-state index is 10.7. The zero-order valence-electron chi connectivity index (χ0n) is 10.7. The first-order chi connectivity index (χ1) is 9.49. The third kappa shape index (κ3) is 1.60. The summed E-state index contributed by atoms with van der Waals surface area (Å²) in [4.78, 5) is 14.3. The molecule has 0 saturated heterocycles. The van der Waals surface area contributed by atoms with Crippen LogP contribution in [0.15, 0.2) is 16.5 Å². The lowest BCUT2D eigenvalue weighted by atomic mass is 10.2. The Morgan fingerprint density at radius 2 is 2.10 bits per heavy atom. The number of fused-ring (bicyclic) bond motifs is 1. The normalized spacial score (nSPS) is 11.1. The van der Waals surface area contributed by atoms with Gasteiger partial charge in [-0.1, -0.05) is 0 Å². The van der Waals surface area contributed by atoms with Gasteiger partial charge in [-0.15, -0.1) is 10.2 Å². The molecular formula is C11H10N6O3. The Hall–Kier alpha value is -2.97. The zero-order valence-corrected chi connectivity index (χ0v) is 10.7. The molecule has 0 radical (unpaired) electrons. The van der Waals surface area contributed by atoms with E-state index in [-0.39, 0.29) is 17.6 Å². The monoisotopic (exact) mass is 274 g/mol. The lowest BCUT2D eigenvalue weighted by Crippen LogP contribution is -2.05. The maximum Gasteiger partial charge on any atom is 0.433 e.